The van der Waals surface area contributed by atoms with Crippen molar-refractivity contribution in [3.05, 3.63) is 28.8 Å². The van der Waals surface area contributed by atoms with E-state index in [0.29, 0.717) is 17.3 Å². The van der Waals surface area contributed by atoms with Gasteiger partial charge in [0.05, 0.1) is 12.1 Å². The van der Waals surface area contributed by atoms with Crippen LogP contribution in [0.25, 0.3) is 0 Å². The molecule has 0 amide bonds. The fourth-order valence-corrected chi connectivity index (χ4v) is 1.43. The SMILES string of the molecule is COc1ccc(CNCCN)cc1Cl. The van der Waals surface area contributed by atoms with Gasteiger partial charge in [0, 0.05) is 19.6 Å². The van der Waals surface area contributed by atoms with Gasteiger partial charge in [0.1, 0.15) is 5.75 Å². The Morgan fingerprint density at radius 1 is 1.50 bits per heavy atom. The quantitative estimate of drug-likeness (QED) is 0.729. The van der Waals surface area contributed by atoms with Crippen molar-refractivity contribution in [1.82, 2.24) is 5.32 Å². The van der Waals surface area contributed by atoms with E-state index in [2.05, 4.69) is 5.32 Å². The van der Waals surface area contributed by atoms with Gasteiger partial charge in [-0.2, -0.15) is 0 Å². The molecule has 1 aromatic rings. The topological polar surface area (TPSA) is 47.3 Å². The van der Waals surface area contributed by atoms with Crippen molar-refractivity contribution in [1.29, 1.82) is 0 Å². The molecule has 3 N–H and O–H groups in total. The van der Waals surface area contributed by atoms with Crippen molar-refractivity contribution < 1.29 is 4.74 Å². The summed E-state index contributed by atoms with van der Waals surface area (Å²) in [6.45, 7) is 2.23. The van der Waals surface area contributed by atoms with Crippen LogP contribution in [0, 0.1) is 0 Å². The minimum Gasteiger partial charge on any atom is -0.495 e. The normalized spacial score (nSPS) is 10.2. The molecule has 0 heterocycles. The van der Waals surface area contributed by atoms with Crippen LogP contribution in [-0.4, -0.2) is 20.2 Å². The molecule has 0 aliphatic heterocycles. The molecule has 0 aliphatic rings. The third kappa shape index (κ3) is 3.18. The Labute approximate surface area is 89.2 Å². The highest BCUT2D eigenvalue weighted by Gasteiger charge is 2.00. The second kappa shape index (κ2) is 5.86. The second-order valence-electron chi connectivity index (χ2n) is 2.93. The Morgan fingerprint density at radius 3 is 2.86 bits per heavy atom. The van der Waals surface area contributed by atoms with Gasteiger partial charge < -0.3 is 15.8 Å². The van der Waals surface area contributed by atoms with Gasteiger partial charge in [0.25, 0.3) is 0 Å². The molecular formula is C10H15ClN2O. The molecular weight excluding hydrogens is 200 g/mol. The monoisotopic (exact) mass is 214 g/mol. The Kier molecular flexibility index (Phi) is 4.73. The zero-order valence-electron chi connectivity index (χ0n) is 8.22. The van der Waals surface area contributed by atoms with Gasteiger partial charge in [0.15, 0.2) is 0 Å². The Balaban J connectivity index is 2.57. The van der Waals surface area contributed by atoms with Gasteiger partial charge >= 0.3 is 0 Å². The summed E-state index contributed by atoms with van der Waals surface area (Å²) < 4.78 is 5.05. The first-order chi connectivity index (χ1) is 6.77. The number of nitrogens with two attached hydrogens (primary N) is 1. The molecule has 0 bridgehead atoms. The predicted octanol–water partition coefficient (Wildman–Crippen LogP) is 1.40. The second-order valence-corrected chi connectivity index (χ2v) is 3.34. The van der Waals surface area contributed by atoms with Crippen molar-refractivity contribution in [2.75, 3.05) is 20.2 Å². The Hall–Kier alpha value is -0.770. The highest BCUT2D eigenvalue weighted by atomic mass is 35.5. The summed E-state index contributed by atoms with van der Waals surface area (Å²) in [7, 11) is 1.60. The summed E-state index contributed by atoms with van der Waals surface area (Å²) in [5, 5.41) is 3.83. The number of hydrogen-bond acceptors (Lipinski definition) is 3. The van der Waals surface area contributed by atoms with E-state index < -0.39 is 0 Å². The van der Waals surface area contributed by atoms with E-state index in [-0.39, 0.29) is 0 Å². The molecule has 0 radical (unpaired) electrons. The maximum atomic E-state index is 5.96. The Morgan fingerprint density at radius 2 is 2.29 bits per heavy atom. The van der Waals surface area contributed by atoms with Gasteiger partial charge in [-0.05, 0) is 17.7 Å². The molecule has 1 rings (SSSR count). The average molecular weight is 215 g/mol. The minimum atomic E-state index is 0.638. The summed E-state index contributed by atoms with van der Waals surface area (Å²) in [6.07, 6.45) is 0. The molecule has 4 heteroatoms. The third-order valence-corrected chi connectivity index (χ3v) is 2.16. The molecule has 0 saturated carbocycles. The summed E-state index contributed by atoms with van der Waals surface area (Å²) in [4.78, 5) is 0. The van der Waals surface area contributed by atoms with Crippen LogP contribution < -0.4 is 15.8 Å². The van der Waals surface area contributed by atoms with Crippen LogP contribution in [-0.2, 0) is 6.54 Å². The van der Waals surface area contributed by atoms with Crippen molar-refractivity contribution in [3.63, 3.8) is 0 Å². The van der Waals surface area contributed by atoms with E-state index in [4.69, 9.17) is 22.1 Å². The van der Waals surface area contributed by atoms with Crippen LogP contribution >= 0.6 is 11.6 Å². The lowest BCUT2D eigenvalue weighted by Crippen LogP contribution is -2.21. The number of ether oxygens (including phenoxy) is 1. The molecule has 14 heavy (non-hydrogen) atoms. The van der Waals surface area contributed by atoms with Gasteiger partial charge in [-0.1, -0.05) is 17.7 Å². The van der Waals surface area contributed by atoms with E-state index in [1.54, 1.807) is 7.11 Å². The smallest absolute Gasteiger partial charge is 0.137 e. The highest BCUT2D eigenvalue weighted by Crippen LogP contribution is 2.24. The summed E-state index contributed by atoms with van der Waals surface area (Å²) in [5.74, 6) is 0.703. The standard InChI is InChI=1S/C10H15ClN2O/c1-14-10-3-2-8(6-9(10)11)7-13-5-4-12/h2-3,6,13H,4-5,7,12H2,1H3. The number of halogens is 1. The number of methoxy groups -OCH3 is 1. The van der Waals surface area contributed by atoms with Gasteiger partial charge in [-0.25, -0.2) is 0 Å². The van der Waals surface area contributed by atoms with Crippen molar-refractivity contribution in [3.8, 4) is 5.75 Å². The van der Waals surface area contributed by atoms with Crippen LogP contribution in [0.1, 0.15) is 5.56 Å². The Bertz CT molecular complexity index is 291. The number of rotatable bonds is 5. The number of benzene rings is 1. The molecule has 0 saturated heterocycles. The fraction of sp³-hybridized carbons (Fsp3) is 0.400. The summed E-state index contributed by atoms with van der Waals surface area (Å²) >= 11 is 5.96. The lowest BCUT2D eigenvalue weighted by molar-refractivity contribution is 0.415. The van der Waals surface area contributed by atoms with E-state index in [1.165, 1.54) is 0 Å². The average Bonchev–Trinajstić information content (AvgIpc) is 2.18. The van der Waals surface area contributed by atoms with Crippen LogP contribution in [0.3, 0.4) is 0 Å². The van der Waals surface area contributed by atoms with Gasteiger partial charge in [0.2, 0.25) is 0 Å². The van der Waals surface area contributed by atoms with E-state index in [1.807, 2.05) is 18.2 Å². The molecule has 3 nitrogen and oxygen atoms in total. The molecule has 0 fully saturated rings. The first-order valence-electron chi connectivity index (χ1n) is 4.51. The van der Waals surface area contributed by atoms with Crippen LogP contribution in [0.5, 0.6) is 5.75 Å². The van der Waals surface area contributed by atoms with Crippen molar-refractivity contribution in [2.24, 2.45) is 5.73 Å². The van der Waals surface area contributed by atoms with Crippen LogP contribution in [0.4, 0.5) is 0 Å². The van der Waals surface area contributed by atoms with Gasteiger partial charge in [-0.15, -0.1) is 0 Å². The number of nitrogens with one attached hydrogen (secondary N) is 1. The first kappa shape index (κ1) is 11.3. The maximum absolute atomic E-state index is 5.96. The van der Waals surface area contributed by atoms with Crippen molar-refractivity contribution >= 4 is 11.6 Å². The largest absolute Gasteiger partial charge is 0.495 e. The zero-order valence-corrected chi connectivity index (χ0v) is 8.97. The summed E-state index contributed by atoms with van der Waals surface area (Å²) in [5.41, 5.74) is 6.49. The van der Waals surface area contributed by atoms with Gasteiger partial charge in [-0.3, -0.25) is 0 Å². The van der Waals surface area contributed by atoms with Crippen molar-refractivity contribution in [2.45, 2.75) is 6.54 Å². The molecule has 0 spiro atoms. The lowest BCUT2D eigenvalue weighted by Gasteiger charge is -2.06. The molecule has 78 valence electrons. The van der Waals surface area contributed by atoms with Crippen LogP contribution in [0.2, 0.25) is 5.02 Å². The fourth-order valence-electron chi connectivity index (χ4n) is 1.15. The molecule has 0 unspecified atom stereocenters. The predicted molar refractivity (Wildman–Crippen MR) is 58.8 cm³/mol. The van der Waals surface area contributed by atoms with E-state index in [9.17, 15) is 0 Å². The summed E-state index contributed by atoms with van der Waals surface area (Å²) in [6, 6.07) is 5.74. The maximum Gasteiger partial charge on any atom is 0.137 e. The first-order valence-corrected chi connectivity index (χ1v) is 4.89. The lowest BCUT2D eigenvalue weighted by atomic mass is 10.2. The molecule has 1 aromatic carbocycles. The number of hydrogen-bond donors (Lipinski definition) is 2. The van der Waals surface area contributed by atoms with Crippen LogP contribution in [0.15, 0.2) is 18.2 Å². The van der Waals surface area contributed by atoms with E-state index in [0.717, 1.165) is 18.7 Å². The minimum absolute atomic E-state index is 0.638. The van der Waals surface area contributed by atoms with E-state index >= 15 is 0 Å². The molecule has 0 aliphatic carbocycles. The molecule has 0 aromatic heterocycles. The highest BCUT2D eigenvalue weighted by molar-refractivity contribution is 6.32. The zero-order chi connectivity index (χ0) is 10.4. The third-order valence-electron chi connectivity index (χ3n) is 1.87. The molecule has 0 atom stereocenters.